The molecule has 1 aromatic heterocycles. The van der Waals surface area contributed by atoms with Crippen LogP contribution in [0.4, 0.5) is 5.95 Å². The Morgan fingerprint density at radius 2 is 2.12 bits per heavy atom. The normalized spacial score (nSPS) is 10.7. The van der Waals surface area contributed by atoms with Gasteiger partial charge in [0, 0.05) is 26.7 Å². The molecule has 0 unspecified atom stereocenters. The van der Waals surface area contributed by atoms with Gasteiger partial charge in [-0.25, -0.2) is 0 Å². The fourth-order valence-electron chi connectivity index (χ4n) is 1.46. The lowest BCUT2D eigenvalue weighted by atomic mass is 10.5. The predicted molar refractivity (Wildman–Crippen MR) is 63.4 cm³/mol. The van der Waals surface area contributed by atoms with Crippen molar-refractivity contribution in [2.45, 2.75) is 26.9 Å². The Bertz CT molecular complexity index is 299. The molecule has 0 bridgehead atoms. The van der Waals surface area contributed by atoms with E-state index in [0.29, 0.717) is 6.61 Å². The average Bonchev–Trinajstić information content (AvgIpc) is 2.67. The summed E-state index contributed by atoms with van der Waals surface area (Å²) in [4.78, 5) is 0. The third-order valence-electron chi connectivity index (χ3n) is 2.24. The molecule has 0 radical (unpaired) electrons. The lowest BCUT2D eigenvalue weighted by molar-refractivity contribution is 0.199. The maximum absolute atomic E-state index is 4.96. The van der Waals surface area contributed by atoms with E-state index in [2.05, 4.69) is 32.3 Å². The molecular weight excluding hydrogens is 206 g/mol. The fraction of sp³-hybridized carbons (Fsp3) is 0.800. The van der Waals surface area contributed by atoms with Crippen molar-refractivity contribution in [1.29, 1.82) is 0 Å². The number of methoxy groups -OCH3 is 1. The quantitative estimate of drug-likeness (QED) is 0.632. The Labute approximate surface area is 96.4 Å². The zero-order chi connectivity index (χ0) is 11.8. The monoisotopic (exact) mass is 227 g/mol. The van der Waals surface area contributed by atoms with E-state index in [4.69, 9.17) is 4.74 Å². The van der Waals surface area contributed by atoms with Crippen LogP contribution >= 0.6 is 0 Å². The minimum Gasteiger partial charge on any atom is -0.383 e. The van der Waals surface area contributed by atoms with Crippen LogP contribution < -0.4 is 10.6 Å². The van der Waals surface area contributed by atoms with Gasteiger partial charge in [0.05, 0.1) is 13.2 Å². The van der Waals surface area contributed by atoms with Crippen LogP contribution in [0.2, 0.25) is 0 Å². The highest BCUT2D eigenvalue weighted by molar-refractivity contribution is 5.25. The van der Waals surface area contributed by atoms with Gasteiger partial charge in [-0.05, 0) is 13.8 Å². The van der Waals surface area contributed by atoms with Gasteiger partial charge in [0.25, 0.3) is 0 Å². The largest absolute Gasteiger partial charge is 0.383 e. The second kappa shape index (κ2) is 7.19. The molecule has 16 heavy (non-hydrogen) atoms. The van der Waals surface area contributed by atoms with Crippen molar-refractivity contribution in [2.75, 3.05) is 32.1 Å². The third-order valence-corrected chi connectivity index (χ3v) is 2.24. The minimum absolute atomic E-state index is 0.709. The molecule has 0 aliphatic heterocycles. The zero-order valence-electron chi connectivity index (χ0n) is 10.3. The van der Waals surface area contributed by atoms with Gasteiger partial charge in [0.2, 0.25) is 5.95 Å². The van der Waals surface area contributed by atoms with Crippen LogP contribution in [0.3, 0.4) is 0 Å². The summed E-state index contributed by atoms with van der Waals surface area (Å²) >= 11 is 0. The van der Waals surface area contributed by atoms with Gasteiger partial charge >= 0.3 is 0 Å². The van der Waals surface area contributed by atoms with Crippen molar-refractivity contribution in [3.8, 4) is 0 Å². The highest BCUT2D eigenvalue weighted by Gasteiger charge is 2.08. The first-order valence-corrected chi connectivity index (χ1v) is 5.69. The minimum atomic E-state index is 0.709. The summed E-state index contributed by atoms with van der Waals surface area (Å²) in [5.74, 6) is 1.79. The first-order chi connectivity index (χ1) is 7.83. The van der Waals surface area contributed by atoms with Crippen LogP contribution in [0.5, 0.6) is 0 Å². The van der Waals surface area contributed by atoms with Crippen molar-refractivity contribution in [1.82, 2.24) is 20.1 Å². The molecule has 0 amide bonds. The maximum atomic E-state index is 4.96. The summed E-state index contributed by atoms with van der Waals surface area (Å²) in [6.07, 6.45) is 0. The molecule has 0 saturated heterocycles. The van der Waals surface area contributed by atoms with E-state index in [1.165, 1.54) is 0 Å². The molecule has 6 heteroatoms. The molecule has 0 aromatic carbocycles. The Balaban J connectivity index is 2.51. The Hall–Kier alpha value is -1.14. The second-order valence-corrected chi connectivity index (χ2v) is 3.38. The van der Waals surface area contributed by atoms with Crippen LogP contribution in [0.1, 0.15) is 19.7 Å². The van der Waals surface area contributed by atoms with Gasteiger partial charge in [-0.2, -0.15) is 0 Å². The fourth-order valence-corrected chi connectivity index (χ4v) is 1.46. The molecule has 0 aliphatic carbocycles. The topological polar surface area (TPSA) is 64.0 Å². The van der Waals surface area contributed by atoms with Gasteiger partial charge in [0.15, 0.2) is 0 Å². The Morgan fingerprint density at radius 1 is 1.31 bits per heavy atom. The van der Waals surface area contributed by atoms with E-state index in [-0.39, 0.29) is 0 Å². The molecule has 0 atom stereocenters. The summed E-state index contributed by atoms with van der Waals surface area (Å²) < 4.78 is 7.04. The van der Waals surface area contributed by atoms with Gasteiger partial charge in [-0.15, -0.1) is 10.2 Å². The number of aromatic nitrogens is 3. The summed E-state index contributed by atoms with van der Waals surface area (Å²) in [6, 6.07) is 0. The van der Waals surface area contributed by atoms with Gasteiger partial charge in [-0.1, -0.05) is 0 Å². The lowest BCUT2D eigenvalue weighted by Crippen LogP contribution is -2.21. The Kier molecular flexibility index (Phi) is 5.81. The molecule has 92 valence electrons. The molecule has 0 spiro atoms. The SMILES string of the molecule is CCNc1nnc(CNCCOC)n1CC. The van der Waals surface area contributed by atoms with Crippen molar-refractivity contribution in [3.05, 3.63) is 5.82 Å². The summed E-state index contributed by atoms with van der Waals surface area (Å²) in [5.41, 5.74) is 0. The molecule has 1 aromatic rings. The van der Waals surface area contributed by atoms with Gasteiger partial charge < -0.3 is 15.4 Å². The number of anilines is 1. The van der Waals surface area contributed by atoms with Crippen molar-refractivity contribution < 1.29 is 4.74 Å². The zero-order valence-corrected chi connectivity index (χ0v) is 10.3. The smallest absolute Gasteiger partial charge is 0.224 e. The molecule has 1 rings (SSSR count). The van der Waals surface area contributed by atoms with E-state index in [0.717, 1.165) is 38.0 Å². The lowest BCUT2D eigenvalue weighted by Gasteiger charge is -2.08. The number of rotatable bonds is 8. The van der Waals surface area contributed by atoms with Crippen molar-refractivity contribution >= 4 is 5.95 Å². The molecule has 1 heterocycles. The van der Waals surface area contributed by atoms with Crippen LogP contribution in [0.25, 0.3) is 0 Å². The van der Waals surface area contributed by atoms with Gasteiger partial charge in [0.1, 0.15) is 5.82 Å². The molecule has 2 N–H and O–H groups in total. The standard InChI is InChI=1S/C10H21N5O/c1-4-12-10-14-13-9(15(10)5-2)8-11-6-7-16-3/h11H,4-8H2,1-3H3,(H,12,14). The number of hydrogen-bond donors (Lipinski definition) is 2. The van der Waals surface area contributed by atoms with Crippen molar-refractivity contribution in [3.63, 3.8) is 0 Å². The molecular formula is C10H21N5O. The van der Waals surface area contributed by atoms with E-state index < -0.39 is 0 Å². The number of nitrogens with one attached hydrogen (secondary N) is 2. The highest BCUT2D eigenvalue weighted by atomic mass is 16.5. The van der Waals surface area contributed by atoms with Gasteiger partial charge in [-0.3, -0.25) is 4.57 Å². The number of hydrogen-bond acceptors (Lipinski definition) is 5. The third kappa shape index (κ3) is 3.46. The van der Waals surface area contributed by atoms with Crippen LogP contribution in [0.15, 0.2) is 0 Å². The highest BCUT2D eigenvalue weighted by Crippen LogP contribution is 2.06. The Morgan fingerprint density at radius 3 is 2.75 bits per heavy atom. The van der Waals surface area contributed by atoms with Crippen LogP contribution in [0, 0.1) is 0 Å². The maximum Gasteiger partial charge on any atom is 0.224 e. The second-order valence-electron chi connectivity index (χ2n) is 3.38. The summed E-state index contributed by atoms with van der Waals surface area (Å²) in [6.45, 7) is 8.11. The molecule has 0 saturated carbocycles. The predicted octanol–water partition coefficient (Wildman–Crippen LogP) is 0.466. The molecule has 6 nitrogen and oxygen atoms in total. The molecule has 0 fully saturated rings. The summed E-state index contributed by atoms with van der Waals surface area (Å²) in [7, 11) is 1.69. The van der Waals surface area contributed by atoms with Crippen LogP contribution in [-0.4, -0.2) is 41.6 Å². The number of nitrogens with zero attached hydrogens (tertiary/aromatic N) is 3. The first kappa shape index (κ1) is 12.9. The van der Waals surface area contributed by atoms with Crippen LogP contribution in [-0.2, 0) is 17.8 Å². The van der Waals surface area contributed by atoms with E-state index in [1.54, 1.807) is 7.11 Å². The van der Waals surface area contributed by atoms with E-state index in [9.17, 15) is 0 Å². The summed E-state index contributed by atoms with van der Waals surface area (Å²) in [5, 5.41) is 14.7. The molecule has 0 aliphatic rings. The van der Waals surface area contributed by atoms with E-state index >= 15 is 0 Å². The first-order valence-electron chi connectivity index (χ1n) is 5.69. The van der Waals surface area contributed by atoms with E-state index in [1.807, 2.05) is 6.92 Å². The number of ether oxygens (including phenoxy) is 1. The average molecular weight is 227 g/mol. The van der Waals surface area contributed by atoms with Crippen molar-refractivity contribution in [2.24, 2.45) is 0 Å².